The van der Waals surface area contributed by atoms with Gasteiger partial charge in [-0.25, -0.2) is 8.42 Å². The number of amides is 1. The van der Waals surface area contributed by atoms with Crippen LogP contribution < -0.4 is 5.32 Å². The molecule has 1 atom stereocenters. The fourth-order valence-corrected chi connectivity index (χ4v) is 2.81. The van der Waals surface area contributed by atoms with Crippen molar-refractivity contribution in [3.8, 4) is 0 Å². The SMILES string of the molecule is O=C1C[C@@H](S(=O)(=O)c2ccccc2)N1. The molecule has 1 heterocycles. The Morgan fingerprint density at radius 3 is 2.29 bits per heavy atom. The number of carbonyl (C=O) groups excluding carboxylic acids is 1. The second-order valence-electron chi connectivity index (χ2n) is 3.12. The summed E-state index contributed by atoms with van der Waals surface area (Å²) in [6.07, 6.45) is 0.0667. The molecule has 0 unspecified atom stereocenters. The second kappa shape index (κ2) is 3.09. The van der Waals surface area contributed by atoms with Gasteiger partial charge in [-0.3, -0.25) is 4.79 Å². The number of carbonyl (C=O) groups is 1. The highest BCUT2D eigenvalue weighted by Crippen LogP contribution is 2.20. The van der Waals surface area contributed by atoms with E-state index in [2.05, 4.69) is 5.32 Å². The fraction of sp³-hybridized carbons (Fsp3) is 0.222. The zero-order valence-electron chi connectivity index (χ0n) is 7.30. The Balaban J connectivity index is 2.30. The van der Waals surface area contributed by atoms with Gasteiger partial charge >= 0.3 is 0 Å². The van der Waals surface area contributed by atoms with Crippen LogP contribution in [0.2, 0.25) is 0 Å². The molecule has 5 heteroatoms. The summed E-state index contributed by atoms with van der Waals surface area (Å²) in [4.78, 5) is 10.9. The molecule has 0 spiro atoms. The molecule has 1 aromatic rings. The van der Waals surface area contributed by atoms with Gasteiger partial charge in [0.05, 0.1) is 11.3 Å². The number of rotatable bonds is 2. The van der Waals surface area contributed by atoms with Gasteiger partial charge < -0.3 is 5.32 Å². The van der Waals surface area contributed by atoms with E-state index in [1.54, 1.807) is 18.2 Å². The molecule has 1 aliphatic rings. The van der Waals surface area contributed by atoms with E-state index in [1.807, 2.05) is 0 Å². The summed E-state index contributed by atoms with van der Waals surface area (Å²) in [6, 6.07) is 8.12. The van der Waals surface area contributed by atoms with Gasteiger partial charge in [0.25, 0.3) is 0 Å². The summed E-state index contributed by atoms with van der Waals surface area (Å²) < 4.78 is 23.5. The summed E-state index contributed by atoms with van der Waals surface area (Å²) in [5.41, 5.74) is 0. The molecule has 0 aromatic heterocycles. The van der Waals surface area contributed by atoms with Gasteiger partial charge in [0, 0.05) is 0 Å². The van der Waals surface area contributed by atoms with Crippen LogP contribution in [0.1, 0.15) is 6.42 Å². The van der Waals surface area contributed by atoms with Crippen LogP contribution in [-0.2, 0) is 14.6 Å². The molecular formula is C9H9NO3S. The number of hydrogen-bond donors (Lipinski definition) is 1. The Hall–Kier alpha value is -1.36. The first-order chi connectivity index (χ1) is 6.60. The van der Waals surface area contributed by atoms with E-state index in [0.29, 0.717) is 0 Å². The third kappa shape index (κ3) is 1.39. The molecule has 1 fully saturated rings. The summed E-state index contributed by atoms with van der Waals surface area (Å²) in [6.45, 7) is 0. The first-order valence-corrected chi connectivity index (χ1v) is 5.73. The van der Waals surface area contributed by atoms with Crippen molar-refractivity contribution in [3.63, 3.8) is 0 Å². The lowest BCUT2D eigenvalue weighted by Crippen LogP contribution is -2.52. The van der Waals surface area contributed by atoms with E-state index in [0.717, 1.165) is 0 Å². The minimum absolute atomic E-state index is 0.0667. The summed E-state index contributed by atoms with van der Waals surface area (Å²) in [5, 5.41) is 1.62. The molecule has 0 saturated carbocycles. The van der Waals surface area contributed by atoms with Crippen molar-refractivity contribution in [3.05, 3.63) is 30.3 Å². The summed E-state index contributed by atoms with van der Waals surface area (Å²) >= 11 is 0. The third-order valence-corrected chi connectivity index (χ3v) is 4.10. The van der Waals surface area contributed by atoms with Crippen LogP contribution in [-0.4, -0.2) is 19.7 Å². The lowest BCUT2D eigenvalue weighted by Gasteiger charge is -2.26. The van der Waals surface area contributed by atoms with Gasteiger partial charge in [-0.05, 0) is 12.1 Å². The smallest absolute Gasteiger partial charge is 0.224 e. The average molecular weight is 211 g/mol. The molecule has 74 valence electrons. The van der Waals surface area contributed by atoms with Crippen LogP contribution in [0.15, 0.2) is 35.2 Å². The number of sulfone groups is 1. The number of β-lactam (4-membered cyclic amide) rings is 1. The number of hydrogen-bond acceptors (Lipinski definition) is 3. The van der Waals surface area contributed by atoms with Crippen molar-refractivity contribution in [1.82, 2.24) is 5.32 Å². The molecule has 1 saturated heterocycles. The third-order valence-electron chi connectivity index (χ3n) is 2.14. The fourth-order valence-electron chi connectivity index (χ4n) is 1.29. The highest BCUT2D eigenvalue weighted by Gasteiger charge is 2.37. The van der Waals surface area contributed by atoms with Gasteiger partial charge in [0.15, 0.2) is 9.84 Å². The molecule has 14 heavy (non-hydrogen) atoms. The minimum Gasteiger partial charge on any atom is -0.339 e. The van der Waals surface area contributed by atoms with E-state index in [4.69, 9.17) is 0 Å². The van der Waals surface area contributed by atoms with Crippen LogP contribution in [0.25, 0.3) is 0 Å². The Bertz CT molecular complexity index is 444. The van der Waals surface area contributed by atoms with Crippen molar-refractivity contribution in [2.75, 3.05) is 0 Å². The first-order valence-electron chi connectivity index (χ1n) is 4.19. The lowest BCUT2D eigenvalue weighted by molar-refractivity contribution is -0.126. The van der Waals surface area contributed by atoms with E-state index in [1.165, 1.54) is 12.1 Å². The van der Waals surface area contributed by atoms with Gasteiger partial charge in [-0.15, -0.1) is 0 Å². The van der Waals surface area contributed by atoms with Gasteiger partial charge in [0.2, 0.25) is 5.91 Å². The molecular weight excluding hydrogens is 202 g/mol. The average Bonchev–Trinajstić information content (AvgIpc) is 2.14. The van der Waals surface area contributed by atoms with Crippen molar-refractivity contribution in [2.24, 2.45) is 0 Å². The largest absolute Gasteiger partial charge is 0.339 e. The Labute approximate surface area is 81.9 Å². The Morgan fingerprint density at radius 1 is 1.21 bits per heavy atom. The van der Waals surface area contributed by atoms with Crippen LogP contribution in [0.4, 0.5) is 0 Å². The maximum Gasteiger partial charge on any atom is 0.224 e. The molecule has 1 aliphatic heterocycles. The minimum atomic E-state index is -3.37. The van der Waals surface area contributed by atoms with E-state index >= 15 is 0 Å². The van der Waals surface area contributed by atoms with Crippen molar-refractivity contribution in [1.29, 1.82) is 0 Å². The van der Waals surface area contributed by atoms with Crippen LogP contribution >= 0.6 is 0 Å². The van der Waals surface area contributed by atoms with Crippen molar-refractivity contribution in [2.45, 2.75) is 16.7 Å². The van der Waals surface area contributed by atoms with Crippen LogP contribution in [0, 0.1) is 0 Å². The predicted molar refractivity (Wildman–Crippen MR) is 50.2 cm³/mol. The maximum absolute atomic E-state index is 11.7. The normalized spacial score (nSPS) is 21.1. The molecule has 1 N–H and O–H groups in total. The van der Waals surface area contributed by atoms with E-state index < -0.39 is 15.2 Å². The van der Waals surface area contributed by atoms with Crippen molar-refractivity contribution >= 4 is 15.7 Å². The molecule has 1 amide bonds. The molecule has 0 radical (unpaired) electrons. The molecule has 2 rings (SSSR count). The first kappa shape index (κ1) is 9.21. The lowest BCUT2D eigenvalue weighted by atomic mass is 10.3. The highest BCUT2D eigenvalue weighted by atomic mass is 32.2. The summed E-state index contributed by atoms with van der Waals surface area (Å²) in [7, 11) is -3.37. The molecule has 1 aromatic carbocycles. The Kier molecular flexibility index (Phi) is 2.03. The molecule has 0 aliphatic carbocycles. The van der Waals surface area contributed by atoms with Crippen molar-refractivity contribution < 1.29 is 13.2 Å². The second-order valence-corrected chi connectivity index (χ2v) is 5.25. The van der Waals surface area contributed by atoms with Gasteiger partial charge in [-0.1, -0.05) is 18.2 Å². The van der Waals surface area contributed by atoms with Gasteiger partial charge in [0.1, 0.15) is 5.37 Å². The predicted octanol–water partition coefficient (Wildman–Crippen LogP) is 0.306. The molecule has 0 bridgehead atoms. The highest BCUT2D eigenvalue weighted by molar-refractivity contribution is 7.92. The van der Waals surface area contributed by atoms with E-state index in [9.17, 15) is 13.2 Å². The maximum atomic E-state index is 11.7. The zero-order valence-corrected chi connectivity index (χ0v) is 8.12. The van der Waals surface area contributed by atoms with Crippen LogP contribution in [0.5, 0.6) is 0 Å². The monoisotopic (exact) mass is 211 g/mol. The van der Waals surface area contributed by atoms with E-state index in [-0.39, 0.29) is 17.2 Å². The van der Waals surface area contributed by atoms with Gasteiger partial charge in [-0.2, -0.15) is 0 Å². The summed E-state index contributed by atoms with van der Waals surface area (Å²) in [5.74, 6) is -0.213. The topological polar surface area (TPSA) is 63.2 Å². The quantitative estimate of drug-likeness (QED) is 0.716. The molecule has 4 nitrogen and oxygen atoms in total. The zero-order chi connectivity index (χ0) is 10.2. The number of benzene rings is 1. The number of nitrogens with one attached hydrogen (secondary N) is 1. The van der Waals surface area contributed by atoms with Crippen LogP contribution in [0.3, 0.4) is 0 Å². The standard InChI is InChI=1S/C9H9NO3S/c11-8-6-9(10-8)14(12,13)7-4-2-1-3-5-7/h1-5,9H,6H2,(H,10,11)/t9-/m1/s1. The Morgan fingerprint density at radius 2 is 1.79 bits per heavy atom.